The van der Waals surface area contributed by atoms with Gasteiger partial charge in [0.1, 0.15) is 5.82 Å². The van der Waals surface area contributed by atoms with E-state index >= 15 is 0 Å². The van der Waals surface area contributed by atoms with E-state index in [4.69, 9.17) is 0 Å². The molecule has 1 aliphatic rings. The van der Waals surface area contributed by atoms with Gasteiger partial charge in [-0.25, -0.2) is 4.39 Å². The number of benzene rings is 1. The highest BCUT2D eigenvalue weighted by Gasteiger charge is 2.29. The highest BCUT2D eigenvalue weighted by Crippen LogP contribution is 2.38. The van der Waals surface area contributed by atoms with Gasteiger partial charge in [0.2, 0.25) is 0 Å². The summed E-state index contributed by atoms with van der Waals surface area (Å²) in [7, 11) is 2.02. The van der Waals surface area contributed by atoms with Crippen molar-refractivity contribution in [3.8, 4) is 0 Å². The summed E-state index contributed by atoms with van der Waals surface area (Å²) in [6.45, 7) is 2.26. The number of nitrogens with one attached hydrogen (secondary N) is 1. The molecule has 2 rings (SSSR count). The van der Waals surface area contributed by atoms with Crippen LogP contribution in [0.3, 0.4) is 0 Å². The third-order valence-corrected chi connectivity index (χ3v) is 5.37. The summed E-state index contributed by atoms with van der Waals surface area (Å²) in [6.07, 6.45) is 4.95. The maximum Gasteiger partial charge on any atom is 0.136 e. The van der Waals surface area contributed by atoms with Crippen molar-refractivity contribution in [3.63, 3.8) is 0 Å². The van der Waals surface area contributed by atoms with Crippen LogP contribution < -0.4 is 5.32 Å². The van der Waals surface area contributed by atoms with Gasteiger partial charge in [-0.3, -0.25) is 0 Å². The molecule has 0 spiro atoms. The van der Waals surface area contributed by atoms with Crippen LogP contribution >= 0.6 is 11.8 Å². The fraction of sp³-hybridized carbons (Fsp3) is 0.600. The first-order valence-corrected chi connectivity index (χ1v) is 7.71. The standard InChI is InChI=1S/C15H22FNS/c1-3-11-8-9-13(17-2)15(10-11)18-14-7-5-4-6-12(14)16/h4-7,11,13,15,17H,3,8-10H2,1-2H3. The molecule has 1 N–H and O–H groups in total. The van der Waals surface area contributed by atoms with Gasteiger partial charge in [0, 0.05) is 16.2 Å². The molecular formula is C15H22FNS. The molecule has 1 aromatic rings. The molecule has 3 atom stereocenters. The molecule has 3 heteroatoms. The van der Waals surface area contributed by atoms with Gasteiger partial charge in [-0.15, -0.1) is 11.8 Å². The van der Waals surface area contributed by atoms with Crippen molar-refractivity contribution in [2.24, 2.45) is 5.92 Å². The molecule has 0 amide bonds. The largest absolute Gasteiger partial charge is 0.316 e. The molecule has 3 unspecified atom stereocenters. The summed E-state index contributed by atoms with van der Waals surface area (Å²) in [5.74, 6) is 0.717. The van der Waals surface area contributed by atoms with Crippen molar-refractivity contribution in [2.75, 3.05) is 7.05 Å². The van der Waals surface area contributed by atoms with E-state index in [-0.39, 0.29) is 5.82 Å². The summed E-state index contributed by atoms with van der Waals surface area (Å²) >= 11 is 1.71. The van der Waals surface area contributed by atoms with Gasteiger partial charge in [0.15, 0.2) is 0 Å². The Morgan fingerprint density at radius 3 is 2.78 bits per heavy atom. The van der Waals surface area contributed by atoms with E-state index in [1.165, 1.54) is 25.7 Å². The van der Waals surface area contributed by atoms with Gasteiger partial charge < -0.3 is 5.32 Å². The van der Waals surface area contributed by atoms with Gasteiger partial charge in [-0.05, 0) is 44.4 Å². The molecule has 1 aromatic carbocycles. The van der Waals surface area contributed by atoms with Crippen molar-refractivity contribution in [1.82, 2.24) is 5.32 Å². The number of rotatable bonds is 4. The van der Waals surface area contributed by atoms with Crippen LogP contribution in [0.15, 0.2) is 29.2 Å². The average molecular weight is 267 g/mol. The molecule has 0 radical (unpaired) electrons. The maximum absolute atomic E-state index is 13.7. The Labute approximate surface area is 114 Å². The Kier molecular flexibility index (Phi) is 5.07. The Balaban J connectivity index is 2.07. The van der Waals surface area contributed by atoms with Crippen LogP contribution in [0.4, 0.5) is 4.39 Å². The lowest BCUT2D eigenvalue weighted by Crippen LogP contribution is -2.40. The molecule has 100 valence electrons. The van der Waals surface area contributed by atoms with Gasteiger partial charge in [-0.2, -0.15) is 0 Å². The van der Waals surface area contributed by atoms with Crippen LogP contribution in [0.1, 0.15) is 32.6 Å². The quantitative estimate of drug-likeness (QED) is 0.882. The van der Waals surface area contributed by atoms with Gasteiger partial charge in [0.05, 0.1) is 0 Å². The van der Waals surface area contributed by atoms with Crippen LogP contribution in [-0.2, 0) is 0 Å². The second-order valence-corrected chi connectivity index (χ2v) is 6.35. The second-order valence-electron chi connectivity index (χ2n) is 5.07. The molecular weight excluding hydrogens is 245 g/mol. The molecule has 0 aliphatic heterocycles. The predicted octanol–water partition coefficient (Wildman–Crippen LogP) is 4.08. The molecule has 1 fully saturated rings. The smallest absolute Gasteiger partial charge is 0.136 e. The van der Waals surface area contributed by atoms with Crippen molar-refractivity contribution >= 4 is 11.8 Å². The minimum atomic E-state index is -0.0871. The first kappa shape index (κ1) is 13.9. The third-order valence-electron chi connectivity index (χ3n) is 3.96. The molecule has 1 aliphatic carbocycles. The molecule has 18 heavy (non-hydrogen) atoms. The van der Waals surface area contributed by atoms with Gasteiger partial charge >= 0.3 is 0 Å². The van der Waals surface area contributed by atoms with Crippen LogP contribution in [0.5, 0.6) is 0 Å². The van der Waals surface area contributed by atoms with E-state index in [9.17, 15) is 4.39 Å². The lowest BCUT2D eigenvalue weighted by molar-refractivity contribution is 0.304. The third kappa shape index (κ3) is 3.27. The van der Waals surface area contributed by atoms with E-state index in [1.54, 1.807) is 23.9 Å². The Bertz CT molecular complexity index is 383. The normalized spacial score (nSPS) is 28.3. The number of hydrogen-bond acceptors (Lipinski definition) is 2. The predicted molar refractivity (Wildman–Crippen MR) is 76.5 cm³/mol. The Hall–Kier alpha value is -0.540. The Morgan fingerprint density at radius 2 is 2.11 bits per heavy atom. The van der Waals surface area contributed by atoms with Crippen molar-refractivity contribution in [1.29, 1.82) is 0 Å². The molecule has 0 heterocycles. The van der Waals surface area contributed by atoms with Crippen LogP contribution in [0, 0.1) is 11.7 Å². The lowest BCUT2D eigenvalue weighted by Gasteiger charge is -2.35. The molecule has 0 bridgehead atoms. The number of thioether (sulfide) groups is 1. The molecule has 1 nitrogen and oxygen atoms in total. The topological polar surface area (TPSA) is 12.0 Å². The zero-order valence-electron chi connectivity index (χ0n) is 11.2. The molecule has 0 aromatic heterocycles. The van der Waals surface area contributed by atoms with Crippen molar-refractivity contribution in [2.45, 2.75) is 48.8 Å². The van der Waals surface area contributed by atoms with E-state index < -0.39 is 0 Å². The van der Waals surface area contributed by atoms with E-state index in [2.05, 4.69) is 12.2 Å². The molecule has 0 saturated heterocycles. The minimum Gasteiger partial charge on any atom is -0.316 e. The summed E-state index contributed by atoms with van der Waals surface area (Å²) in [6, 6.07) is 7.63. The summed E-state index contributed by atoms with van der Waals surface area (Å²) in [5, 5.41) is 3.89. The second kappa shape index (κ2) is 6.58. The van der Waals surface area contributed by atoms with E-state index in [0.29, 0.717) is 11.3 Å². The van der Waals surface area contributed by atoms with Gasteiger partial charge in [-0.1, -0.05) is 25.5 Å². The van der Waals surface area contributed by atoms with Crippen molar-refractivity contribution < 1.29 is 4.39 Å². The molecule has 1 saturated carbocycles. The SMILES string of the molecule is CCC1CCC(NC)C(Sc2ccccc2F)C1. The minimum absolute atomic E-state index is 0.0871. The zero-order valence-corrected chi connectivity index (χ0v) is 12.0. The lowest BCUT2D eigenvalue weighted by atomic mass is 9.84. The van der Waals surface area contributed by atoms with Crippen LogP contribution in [-0.4, -0.2) is 18.3 Å². The average Bonchev–Trinajstić information content (AvgIpc) is 2.41. The summed E-state index contributed by atoms with van der Waals surface area (Å²) in [4.78, 5) is 0.791. The summed E-state index contributed by atoms with van der Waals surface area (Å²) < 4.78 is 13.7. The van der Waals surface area contributed by atoms with E-state index in [1.807, 2.05) is 19.2 Å². The highest BCUT2D eigenvalue weighted by molar-refractivity contribution is 8.00. The maximum atomic E-state index is 13.7. The first-order chi connectivity index (χ1) is 8.74. The van der Waals surface area contributed by atoms with Crippen molar-refractivity contribution in [3.05, 3.63) is 30.1 Å². The summed E-state index contributed by atoms with van der Waals surface area (Å²) in [5.41, 5.74) is 0. The highest BCUT2D eigenvalue weighted by atomic mass is 32.2. The fourth-order valence-corrected chi connectivity index (χ4v) is 4.22. The number of halogens is 1. The van der Waals surface area contributed by atoms with Gasteiger partial charge in [0.25, 0.3) is 0 Å². The number of hydrogen-bond donors (Lipinski definition) is 1. The van der Waals surface area contributed by atoms with Crippen LogP contribution in [0.25, 0.3) is 0 Å². The Morgan fingerprint density at radius 1 is 1.33 bits per heavy atom. The van der Waals surface area contributed by atoms with Crippen LogP contribution in [0.2, 0.25) is 0 Å². The van der Waals surface area contributed by atoms with E-state index in [0.717, 1.165) is 10.8 Å². The fourth-order valence-electron chi connectivity index (χ4n) is 2.75. The zero-order chi connectivity index (χ0) is 13.0. The monoisotopic (exact) mass is 267 g/mol. The first-order valence-electron chi connectivity index (χ1n) is 6.83.